The maximum Gasteiger partial charge on any atom is 0.304 e. The lowest BCUT2D eigenvalue weighted by atomic mass is 9.77. The third-order valence-electron chi connectivity index (χ3n) is 14.7. The quantitative estimate of drug-likeness (QED) is 0.121. The number of pyridine rings is 1. The summed E-state index contributed by atoms with van der Waals surface area (Å²) < 4.78 is 15.0. The van der Waals surface area contributed by atoms with Crippen LogP contribution in [0.25, 0.3) is 89.3 Å². The molecule has 2 unspecified atom stereocenters. The summed E-state index contributed by atoms with van der Waals surface area (Å²) in [6, 6.07) is 62.8. The van der Waals surface area contributed by atoms with Crippen LogP contribution in [0.2, 0.25) is 19.6 Å². The Labute approximate surface area is 395 Å². The number of hydrogen-bond donors (Lipinski definition) is 0. The number of hydrogen-bond acceptors (Lipinski definition) is 1. The number of nitrogens with zero attached hydrogens (tertiary/aromatic N) is 3. The van der Waals surface area contributed by atoms with Crippen LogP contribution in [0, 0.1) is 5.92 Å². The van der Waals surface area contributed by atoms with Gasteiger partial charge in [-0.05, 0) is 77.3 Å². The average molecular weight is 888 g/mol. The van der Waals surface area contributed by atoms with Crippen molar-refractivity contribution in [1.82, 2.24) is 4.57 Å². The molecule has 0 saturated heterocycles. The lowest BCUT2D eigenvalue weighted by Crippen LogP contribution is -2.54. The zero-order valence-corrected chi connectivity index (χ0v) is 40.3. The standard InChI is InChI=1S/C62H57N3OSi/c1-40(2)36-45-38-56-49-25-14-13-24-48(49)50-34-32-44-33-35-52-51-26-15-18-31-57(51)66-61(52)59(44)62-64(41(3)37-55(50)63(56)39-58(45)67(4,5)6)53-29-16-17-30-54(53)65(62)60-46(42-20-9-7-10-21-42)27-19-28-47(60)43-22-11-8-12-23-43/h7-31,33,35,38-40,50,55H,3,32,34,36-37H2,1-2,4-6H3/q+2. The molecule has 0 aliphatic carbocycles. The van der Waals surface area contributed by atoms with Crippen LogP contribution in [-0.4, -0.2) is 12.6 Å². The van der Waals surface area contributed by atoms with Crippen molar-refractivity contribution < 1.29 is 13.6 Å². The summed E-state index contributed by atoms with van der Waals surface area (Å²) in [5.74, 6) is 1.90. The largest absolute Gasteiger partial charge is 0.455 e. The summed E-state index contributed by atoms with van der Waals surface area (Å²) in [6.07, 6.45) is 6.31. The third-order valence-corrected chi connectivity index (χ3v) is 16.7. The summed E-state index contributed by atoms with van der Waals surface area (Å²) in [4.78, 5) is 0. The zero-order valence-electron chi connectivity index (χ0n) is 39.3. The first-order chi connectivity index (χ1) is 32.6. The minimum Gasteiger partial charge on any atom is -0.455 e. The lowest BCUT2D eigenvalue weighted by molar-refractivity contribution is -0.719. The number of allylic oxidation sites excluding steroid dienone is 1. The number of rotatable bonds is 6. The summed E-state index contributed by atoms with van der Waals surface area (Å²) in [7, 11) is -1.75. The predicted molar refractivity (Wildman–Crippen MR) is 281 cm³/mol. The second kappa shape index (κ2) is 16.1. The van der Waals surface area contributed by atoms with E-state index in [-0.39, 0.29) is 12.0 Å². The van der Waals surface area contributed by atoms with Crippen molar-refractivity contribution in [2.45, 2.75) is 71.1 Å². The van der Waals surface area contributed by atoms with Gasteiger partial charge < -0.3 is 4.42 Å². The van der Waals surface area contributed by atoms with Crippen molar-refractivity contribution in [1.29, 1.82) is 0 Å². The first-order valence-corrected chi connectivity index (χ1v) is 27.7. The van der Waals surface area contributed by atoms with Crippen molar-refractivity contribution in [3.05, 3.63) is 199 Å². The number of imidazole rings is 1. The molecule has 0 fully saturated rings. The molecular weight excluding hydrogens is 831 g/mol. The maximum atomic E-state index is 7.16. The van der Waals surface area contributed by atoms with Gasteiger partial charge in [0, 0.05) is 44.6 Å². The fourth-order valence-electron chi connectivity index (χ4n) is 11.8. The Hall–Kier alpha value is -7.08. The Balaban J connectivity index is 1.20. The van der Waals surface area contributed by atoms with Crippen LogP contribution < -0.4 is 14.3 Å². The van der Waals surface area contributed by atoms with Gasteiger partial charge in [0.2, 0.25) is 5.69 Å². The highest BCUT2D eigenvalue weighted by Crippen LogP contribution is 2.48. The van der Waals surface area contributed by atoms with E-state index in [0.717, 1.165) is 92.6 Å². The summed E-state index contributed by atoms with van der Waals surface area (Å²) in [5.41, 5.74) is 19.0. The summed E-state index contributed by atoms with van der Waals surface area (Å²) in [5, 5.41) is 3.82. The van der Waals surface area contributed by atoms with Crippen LogP contribution >= 0.6 is 0 Å². The van der Waals surface area contributed by atoms with E-state index in [1.807, 2.05) is 0 Å². The number of fused-ring (bicyclic) bond motifs is 15. The SMILES string of the molecule is C=C1CC2C(CCc3ccc4c(oc5ccccc54)c3-c3n(-c4c(-c5ccccc5)cccc4-c4ccccc4)c4ccccc4[n+]31)c1ccccc1-c1cc(CC(C)C)c([Si](C)(C)C)c[n+]12. The van der Waals surface area contributed by atoms with Crippen molar-refractivity contribution in [3.63, 3.8) is 0 Å². The van der Waals surface area contributed by atoms with E-state index < -0.39 is 8.07 Å². The highest BCUT2D eigenvalue weighted by molar-refractivity contribution is 6.89. The van der Waals surface area contributed by atoms with Crippen LogP contribution in [0.1, 0.15) is 55.3 Å². The third kappa shape index (κ3) is 6.77. The van der Waals surface area contributed by atoms with E-state index in [4.69, 9.17) is 11.0 Å². The molecule has 328 valence electrons. The molecule has 4 nitrogen and oxygen atoms in total. The molecule has 12 rings (SSSR count). The molecule has 7 aromatic carbocycles. The smallest absolute Gasteiger partial charge is 0.304 e. The van der Waals surface area contributed by atoms with Gasteiger partial charge in [0.05, 0.1) is 14.5 Å². The Morgan fingerprint density at radius 2 is 1.36 bits per heavy atom. The molecule has 2 atom stereocenters. The molecule has 0 saturated carbocycles. The highest BCUT2D eigenvalue weighted by atomic mass is 28.3. The Morgan fingerprint density at radius 1 is 0.701 bits per heavy atom. The maximum absolute atomic E-state index is 7.16. The topological polar surface area (TPSA) is 25.8 Å². The van der Waals surface area contributed by atoms with E-state index in [9.17, 15) is 0 Å². The molecule has 2 aliphatic heterocycles. The fraction of sp³-hybridized carbons (Fsp3) is 0.194. The molecule has 67 heavy (non-hydrogen) atoms. The van der Waals surface area contributed by atoms with Crippen molar-refractivity contribution >= 4 is 51.9 Å². The first kappa shape index (κ1) is 41.4. The number of benzene rings is 7. The molecule has 0 N–H and O–H groups in total. The Morgan fingerprint density at radius 3 is 2.09 bits per heavy atom. The second-order valence-corrected chi connectivity index (χ2v) is 25.5. The Bertz CT molecular complexity index is 3510. The zero-order chi connectivity index (χ0) is 45.6. The van der Waals surface area contributed by atoms with E-state index >= 15 is 0 Å². The van der Waals surface area contributed by atoms with E-state index in [0.29, 0.717) is 5.92 Å². The van der Waals surface area contributed by atoms with E-state index in [1.54, 1.807) is 5.19 Å². The first-order valence-electron chi connectivity index (χ1n) is 24.2. The van der Waals surface area contributed by atoms with Gasteiger partial charge in [-0.25, -0.2) is 0 Å². The molecule has 0 radical (unpaired) electrons. The van der Waals surface area contributed by atoms with Gasteiger partial charge in [0.25, 0.3) is 0 Å². The second-order valence-electron chi connectivity index (χ2n) is 20.4. The molecule has 0 spiro atoms. The monoisotopic (exact) mass is 887 g/mol. The van der Waals surface area contributed by atoms with E-state index in [1.165, 1.54) is 39.1 Å². The normalized spacial score (nSPS) is 15.9. The van der Waals surface area contributed by atoms with Crippen LogP contribution in [0.5, 0.6) is 0 Å². The van der Waals surface area contributed by atoms with Gasteiger partial charge >= 0.3 is 5.82 Å². The van der Waals surface area contributed by atoms with Gasteiger partial charge in [0.15, 0.2) is 28.9 Å². The minimum atomic E-state index is -1.75. The Kier molecular flexibility index (Phi) is 9.92. The van der Waals surface area contributed by atoms with Crippen molar-refractivity contribution in [3.8, 4) is 50.6 Å². The molecule has 10 aromatic rings. The van der Waals surface area contributed by atoms with E-state index in [2.05, 4.69) is 223 Å². The van der Waals surface area contributed by atoms with Gasteiger partial charge in [-0.2, -0.15) is 13.7 Å². The molecule has 2 aliphatic rings. The summed E-state index contributed by atoms with van der Waals surface area (Å²) in [6.45, 7) is 17.5. The highest BCUT2D eigenvalue weighted by Gasteiger charge is 2.45. The molecule has 5 heteroatoms. The van der Waals surface area contributed by atoms with Crippen molar-refractivity contribution in [2.24, 2.45) is 5.92 Å². The molecule has 0 bridgehead atoms. The number of furan rings is 1. The van der Waals surface area contributed by atoms with Crippen LogP contribution in [0.4, 0.5) is 0 Å². The van der Waals surface area contributed by atoms with Gasteiger partial charge in [0.1, 0.15) is 22.5 Å². The predicted octanol–water partition coefficient (Wildman–Crippen LogP) is 14.7. The molecular formula is C62H57N3OSi+2. The van der Waals surface area contributed by atoms with Crippen LogP contribution in [0.3, 0.4) is 0 Å². The molecule has 0 amide bonds. The lowest BCUT2D eigenvalue weighted by Gasteiger charge is -2.33. The van der Waals surface area contributed by atoms with Gasteiger partial charge in [-0.3, -0.25) is 0 Å². The van der Waals surface area contributed by atoms with Crippen LogP contribution in [-0.2, 0) is 12.8 Å². The number of aromatic nitrogens is 3. The fourth-order valence-corrected chi connectivity index (χ4v) is 13.4. The van der Waals surface area contributed by atoms with Crippen LogP contribution in [0.15, 0.2) is 187 Å². The molecule has 5 heterocycles. The minimum absolute atomic E-state index is 0.149. The van der Waals surface area contributed by atoms with Crippen molar-refractivity contribution in [2.75, 3.05) is 0 Å². The summed E-state index contributed by atoms with van der Waals surface area (Å²) >= 11 is 0. The number of para-hydroxylation sites is 4. The average Bonchev–Trinajstić information content (AvgIpc) is 3.89. The number of aryl methyl sites for hydroxylation is 1. The molecule has 3 aromatic heterocycles. The van der Waals surface area contributed by atoms with Gasteiger partial charge in [-0.1, -0.05) is 180 Å². The van der Waals surface area contributed by atoms with Gasteiger partial charge in [-0.15, -0.1) is 0 Å².